The van der Waals surface area contributed by atoms with Crippen molar-refractivity contribution >= 4 is 17.2 Å². The second-order valence-corrected chi connectivity index (χ2v) is 2.09. The van der Waals surface area contributed by atoms with Crippen LogP contribution in [-0.2, 0) is 4.74 Å². The van der Waals surface area contributed by atoms with Crippen molar-refractivity contribution in [2.24, 2.45) is 5.73 Å². The van der Waals surface area contributed by atoms with Gasteiger partial charge in [0.15, 0.2) is 0 Å². The van der Waals surface area contributed by atoms with Gasteiger partial charge in [0.2, 0.25) is 0 Å². The Balaban J connectivity index is 2.82. The summed E-state index contributed by atoms with van der Waals surface area (Å²) in [5, 5.41) is 0. The lowest BCUT2D eigenvalue weighted by molar-refractivity contribution is 0.197. The molecule has 0 aromatic carbocycles. The monoisotopic (exact) mass is 133 g/mol. The van der Waals surface area contributed by atoms with Gasteiger partial charge >= 0.3 is 0 Å². The first kappa shape index (κ1) is 7.85. The Morgan fingerprint density at radius 3 is 2.75 bits per heavy atom. The number of methoxy groups -OCH3 is 1. The minimum Gasteiger partial charge on any atom is -0.393 e. The van der Waals surface area contributed by atoms with Gasteiger partial charge in [-0.05, 0) is 12.8 Å². The highest BCUT2D eigenvalue weighted by Gasteiger charge is 1.86. The third-order valence-corrected chi connectivity index (χ3v) is 0.976. The standard InChI is InChI=1S/C5H11NOS/c1-7-4-2-3-5(6)8/h2-4H2,1H3,(H2,6,8). The molecule has 0 saturated carbocycles. The van der Waals surface area contributed by atoms with E-state index in [1.165, 1.54) is 0 Å². The van der Waals surface area contributed by atoms with Gasteiger partial charge < -0.3 is 10.5 Å². The Morgan fingerprint density at radius 2 is 2.38 bits per heavy atom. The molecule has 0 saturated heterocycles. The first-order chi connectivity index (χ1) is 3.77. The predicted octanol–water partition coefficient (Wildman–Crippen LogP) is 0.699. The van der Waals surface area contributed by atoms with Crippen LogP contribution in [0.25, 0.3) is 0 Å². The van der Waals surface area contributed by atoms with Crippen LogP contribution in [0.3, 0.4) is 0 Å². The lowest BCUT2D eigenvalue weighted by Gasteiger charge is -1.94. The Morgan fingerprint density at radius 1 is 1.75 bits per heavy atom. The second-order valence-electron chi connectivity index (χ2n) is 1.56. The summed E-state index contributed by atoms with van der Waals surface area (Å²) < 4.78 is 4.78. The summed E-state index contributed by atoms with van der Waals surface area (Å²) in [5.41, 5.74) is 5.21. The molecule has 0 spiro atoms. The quantitative estimate of drug-likeness (QED) is 0.453. The molecule has 0 amide bonds. The van der Waals surface area contributed by atoms with Gasteiger partial charge in [-0.3, -0.25) is 0 Å². The topological polar surface area (TPSA) is 35.2 Å². The summed E-state index contributed by atoms with van der Waals surface area (Å²) >= 11 is 4.63. The molecule has 0 aromatic heterocycles. The molecule has 0 heterocycles. The van der Waals surface area contributed by atoms with Crippen molar-refractivity contribution < 1.29 is 4.74 Å². The highest BCUT2D eigenvalue weighted by Crippen LogP contribution is 1.87. The van der Waals surface area contributed by atoms with Gasteiger partial charge in [-0.15, -0.1) is 0 Å². The van der Waals surface area contributed by atoms with Crippen molar-refractivity contribution in [1.82, 2.24) is 0 Å². The number of thiocarbonyl (C=S) groups is 1. The van der Waals surface area contributed by atoms with Crippen molar-refractivity contribution in [3.8, 4) is 0 Å². The van der Waals surface area contributed by atoms with E-state index in [-0.39, 0.29) is 0 Å². The van der Waals surface area contributed by atoms with Gasteiger partial charge in [0.25, 0.3) is 0 Å². The van der Waals surface area contributed by atoms with Gasteiger partial charge in [0.1, 0.15) is 0 Å². The van der Waals surface area contributed by atoms with Crippen LogP contribution in [0.4, 0.5) is 0 Å². The molecule has 0 bridgehead atoms. The van der Waals surface area contributed by atoms with Crippen molar-refractivity contribution in [2.45, 2.75) is 12.8 Å². The zero-order valence-corrected chi connectivity index (χ0v) is 5.83. The van der Waals surface area contributed by atoms with E-state index in [0.29, 0.717) is 4.99 Å². The molecule has 0 fully saturated rings. The first-order valence-electron chi connectivity index (χ1n) is 2.54. The maximum atomic E-state index is 5.21. The Bertz CT molecular complexity index is 74.8. The van der Waals surface area contributed by atoms with E-state index in [4.69, 9.17) is 10.5 Å². The molecule has 2 nitrogen and oxygen atoms in total. The molecule has 0 aliphatic carbocycles. The van der Waals surface area contributed by atoms with Crippen LogP contribution in [-0.4, -0.2) is 18.7 Å². The fourth-order valence-corrected chi connectivity index (χ4v) is 0.535. The van der Waals surface area contributed by atoms with Crippen LogP contribution >= 0.6 is 12.2 Å². The number of nitrogens with two attached hydrogens (primary N) is 1. The minimum atomic E-state index is 0.571. The molecular weight excluding hydrogens is 122 g/mol. The predicted molar refractivity (Wildman–Crippen MR) is 37.9 cm³/mol. The van der Waals surface area contributed by atoms with E-state index in [2.05, 4.69) is 12.2 Å². The molecule has 48 valence electrons. The van der Waals surface area contributed by atoms with E-state index in [1.54, 1.807) is 7.11 Å². The van der Waals surface area contributed by atoms with Crippen LogP contribution in [0.5, 0.6) is 0 Å². The van der Waals surface area contributed by atoms with E-state index in [1.807, 2.05) is 0 Å². The zero-order chi connectivity index (χ0) is 6.41. The van der Waals surface area contributed by atoms with Crippen molar-refractivity contribution in [2.75, 3.05) is 13.7 Å². The van der Waals surface area contributed by atoms with E-state index in [0.717, 1.165) is 19.4 Å². The van der Waals surface area contributed by atoms with Gasteiger partial charge in [0.05, 0.1) is 4.99 Å². The first-order valence-corrected chi connectivity index (χ1v) is 2.95. The summed E-state index contributed by atoms with van der Waals surface area (Å²) in [6.45, 7) is 0.747. The Hall–Kier alpha value is -0.150. The molecule has 0 radical (unpaired) electrons. The van der Waals surface area contributed by atoms with Crippen LogP contribution < -0.4 is 5.73 Å². The molecule has 0 aromatic rings. The van der Waals surface area contributed by atoms with Crippen molar-refractivity contribution in [1.29, 1.82) is 0 Å². The smallest absolute Gasteiger partial charge is 0.0728 e. The number of ether oxygens (including phenoxy) is 1. The molecule has 2 N–H and O–H groups in total. The fourth-order valence-electron chi connectivity index (χ4n) is 0.391. The Labute approximate surface area is 55.0 Å². The molecule has 3 heteroatoms. The van der Waals surface area contributed by atoms with Crippen molar-refractivity contribution in [3.05, 3.63) is 0 Å². The molecule has 0 aliphatic heterocycles. The molecular formula is C5H11NOS. The van der Waals surface area contributed by atoms with E-state index in [9.17, 15) is 0 Å². The second kappa shape index (κ2) is 5.00. The molecule has 0 rings (SSSR count). The summed E-state index contributed by atoms with van der Waals surface area (Å²) in [6.07, 6.45) is 1.73. The van der Waals surface area contributed by atoms with Gasteiger partial charge in [-0.1, -0.05) is 12.2 Å². The summed E-state index contributed by atoms with van der Waals surface area (Å²) in [5.74, 6) is 0. The molecule has 0 atom stereocenters. The Kier molecular flexibility index (Phi) is 4.90. The SMILES string of the molecule is COCCCC(N)=S. The van der Waals surface area contributed by atoms with Crippen molar-refractivity contribution in [3.63, 3.8) is 0 Å². The average molecular weight is 133 g/mol. The summed E-state index contributed by atoms with van der Waals surface area (Å²) in [7, 11) is 1.67. The van der Waals surface area contributed by atoms with E-state index < -0.39 is 0 Å². The number of hydrogen-bond acceptors (Lipinski definition) is 2. The summed E-state index contributed by atoms with van der Waals surface area (Å²) in [6, 6.07) is 0. The van der Waals surface area contributed by atoms with Crippen LogP contribution in [0, 0.1) is 0 Å². The fraction of sp³-hybridized carbons (Fsp3) is 0.800. The highest BCUT2D eigenvalue weighted by molar-refractivity contribution is 7.80. The maximum Gasteiger partial charge on any atom is 0.0728 e. The van der Waals surface area contributed by atoms with Gasteiger partial charge in [-0.25, -0.2) is 0 Å². The lowest BCUT2D eigenvalue weighted by atomic mass is 10.3. The lowest BCUT2D eigenvalue weighted by Crippen LogP contribution is -2.08. The third-order valence-electron chi connectivity index (χ3n) is 0.772. The van der Waals surface area contributed by atoms with Crippen LogP contribution in [0.15, 0.2) is 0 Å². The average Bonchev–Trinajstić information content (AvgIpc) is 1.66. The number of rotatable bonds is 4. The number of hydrogen-bond donors (Lipinski definition) is 1. The van der Waals surface area contributed by atoms with Crippen LogP contribution in [0.2, 0.25) is 0 Å². The van der Waals surface area contributed by atoms with E-state index >= 15 is 0 Å². The normalized spacial score (nSPS) is 9.12. The zero-order valence-electron chi connectivity index (χ0n) is 5.02. The molecule has 0 aliphatic rings. The van der Waals surface area contributed by atoms with Crippen LogP contribution in [0.1, 0.15) is 12.8 Å². The molecule has 8 heavy (non-hydrogen) atoms. The highest BCUT2D eigenvalue weighted by atomic mass is 32.1. The van der Waals surface area contributed by atoms with Gasteiger partial charge in [0, 0.05) is 13.7 Å². The largest absolute Gasteiger partial charge is 0.393 e. The maximum absolute atomic E-state index is 5.21. The minimum absolute atomic E-state index is 0.571. The summed E-state index contributed by atoms with van der Waals surface area (Å²) in [4.78, 5) is 0.571. The van der Waals surface area contributed by atoms with Gasteiger partial charge in [-0.2, -0.15) is 0 Å². The molecule has 0 unspecified atom stereocenters. The third kappa shape index (κ3) is 5.85.